The largest absolute Gasteiger partial charge is 0.480 e. The van der Waals surface area contributed by atoms with E-state index in [1.807, 2.05) is 6.92 Å². The van der Waals surface area contributed by atoms with Crippen LogP contribution in [0.1, 0.15) is 16.8 Å². The number of benzene rings is 1. The van der Waals surface area contributed by atoms with Crippen molar-refractivity contribution in [2.45, 2.75) is 20.4 Å². The van der Waals surface area contributed by atoms with Gasteiger partial charge in [-0.2, -0.15) is 0 Å². The van der Waals surface area contributed by atoms with Crippen LogP contribution in [0.25, 0.3) is 11.0 Å². The Bertz CT molecular complexity index is 579. The number of aromatic nitrogens is 2. The molecule has 0 aliphatic rings. The van der Waals surface area contributed by atoms with Crippen molar-refractivity contribution in [1.82, 2.24) is 14.9 Å². The third kappa shape index (κ3) is 2.43. The van der Waals surface area contributed by atoms with E-state index < -0.39 is 0 Å². The minimum Gasteiger partial charge on any atom is -0.480 e. The summed E-state index contributed by atoms with van der Waals surface area (Å²) >= 11 is 0. The van der Waals surface area contributed by atoms with Gasteiger partial charge in [0.2, 0.25) is 5.88 Å². The van der Waals surface area contributed by atoms with E-state index in [9.17, 15) is 0 Å². The lowest BCUT2D eigenvalue weighted by Crippen LogP contribution is -2.11. The number of ether oxygens (including phenoxy) is 1. The lowest BCUT2D eigenvalue weighted by molar-refractivity contribution is 0.393. The number of aryl methyl sites for hydroxylation is 2. The molecule has 96 valence electrons. The second-order valence-corrected chi connectivity index (χ2v) is 4.82. The molecular formula is C14H19N3O. The van der Waals surface area contributed by atoms with Gasteiger partial charge in [-0.15, -0.1) is 0 Å². The maximum Gasteiger partial charge on any atom is 0.235 e. The zero-order valence-electron chi connectivity index (χ0n) is 11.6. The Kier molecular flexibility index (Phi) is 3.48. The molecule has 18 heavy (non-hydrogen) atoms. The summed E-state index contributed by atoms with van der Waals surface area (Å²) in [6, 6.07) is 4.19. The van der Waals surface area contributed by atoms with Crippen molar-refractivity contribution in [3.8, 4) is 5.88 Å². The van der Waals surface area contributed by atoms with E-state index >= 15 is 0 Å². The SMILES string of the molecule is COc1nc2cc(C)c(CN(C)C)cc2nc1C. The molecule has 0 fully saturated rings. The predicted octanol–water partition coefficient (Wildman–Crippen LogP) is 2.32. The van der Waals surface area contributed by atoms with E-state index in [2.05, 4.69) is 48.0 Å². The monoisotopic (exact) mass is 245 g/mol. The van der Waals surface area contributed by atoms with Crippen molar-refractivity contribution in [2.24, 2.45) is 0 Å². The molecule has 1 aromatic heterocycles. The summed E-state index contributed by atoms with van der Waals surface area (Å²) in [5.41, 5.74) is 5.15. The topological polar surface area (TPSA) is 38.2 Å². The van der Waals surface area contributed by atoms with Gasteiger partial charge >= 0.3 is 0 Å². The second-order valence-electron chi connectivity index (χ2n) is 4.82. The van der Waals surface area contributed by atoms with Crippen molar-refractivity contribution in [3.63, 3.8) is 0 Å². The first-order valence-corrected chi connectivity index (χ1v) is 5.98. The molecule has 2 aromatic rings. The summed E-state index contributed by atoms with van der Waals surface area (Å²) in [5.74, 6) is 0.599. The zero-order valence-corrected chi connectivity index (χ0v) is 11.6. The Hall–Kier alpha value is -1.68. The number of fused-ring (bicyclic) bond motifs is 1. The first kappa shape index (κ1) is 12.8. The van der Waals surface area contributed by atoms with Gasteiger partial charge in [0.25, 0.3) is 0 Å². The lowest BCUT2D eigenvalue weighted by Gasteiger charge is -2.13. The third-order valence-electron chi connectivity index (χ3n) is 2.93. The molecule has 0 radical (unpaired) electrons. The van der Waals surface area contributed by atoms with Crippen LogP contribution in [0.3, 0.4) is 0 Å². The molecule has 0 aliphatic carbocycles. The minimum absolute atomic E-state index is 0.599. The van der Waals surface area contributed by atoms with E-state index in [0.29, 0.717) is 5.88 Å². The number of methoxy groups -OCH3 is 1. The third-order valence-corrected chi connectivity index (χ3v) is 2.93. The van der Waals surface area contributed by atoms with Crippen molar-refractivity contribution >= 4 is 11.0 Å². The highest BCUT2D eigenvalue weighted by molar-refractivity contribution is 5.77. The zero-order chi connectivity index (χ0) is 13.3. The van der Waals surface area contributed by atoms with Crippen LogP contribution in [0.15, 0.2) is 12.1 Å². The number of hydrogen-bond donors (Lipinski definition) is 0. The Balaban J connectivity index is 2.57. The van der Waals surface area contributed by atoms with Crippen molar-refractivity contribution in [2.75, 3.05) is 21.2 Å². The highest BCUT2D eigenvalue weighted by Crippen LogP contribution is 2.22. The molecule has 0 aliphatic heterocycles. The summed E-state index contributed by atoms with van der Waals surface area (Å²) in [6.45, 7) is 4.93. The van der Waals surface area contributed by atoms with Gasteiger partial charge in [-0.05, 0) is 51.2 Å². The van der Waals surface area contributed by atoms with Gasteiger partial charge in [0.15, 0.2) is 0 Å². The molecule has 0 amide bonds. The molecule has 0 spiro atoms. The quantitative estimate of drug-likeness (QED) is 0.831. The van der Waals surface area contributed by atoms with Crippen LogP contribution in [-0.4, -0.2) is 36.1 Å². The van der Waals surface area contributed by atoms with Gasteiger partial charge < -0.3 is 9.64 Å². The smallest absolute Gasteiger partial charge is 0.235 e. The second kappa shape index (κ2) is 4.90. The number of hydrogen-bond acceptors (Lipinski definition) is 4. The van der Waals surface area contributed by atoms with Crippen LogP contribution in [0.5, 0.6) is 5.88 Å². The van der Waals surface area contributed by atoms with Crippen LogP contribution < -0.4 is 4.74 Å². The molecule has 2 rings (SSSR count). The summed E-state index contributed by atoms with van der Waals surface area (Å²) in [5, 5.41) is 0. The molecule has 0 bridgehead atoms. The first-order valence-electron chi connectivity index (χ1n) is 5.98. The fourth-order valence-electron chi connectivity index (χ4n) is 2.03. The molecule has 0 atom stereocenters. The lowest BCUT2D eigenvalue weighted by atomic mass is 10.1. The van der Waals surface area contributed by atoms with E-state index in [1.165, 1.54) is 11.1 Å². The van der Waals surface area contributed by atoms with Gasteiger partial charge in [-0.1, -0.05) is 0 Å². The van der Waals surface area contributed by atoms with Gasteiger partial charge in [0.1, 0.15) is 5.69 Å². The maximum absolute atomic E-state index is 5.21. The fraction of sp³-hybridized carbons (Fsp3) is 0.429. The molecule has 0 unspecified atom stereocenters. The Labute approximate surface area is 108 Å². The Morgan fingerprint density at radius 1 is 1.11 bits per heavy atom. The van der Waals surface area contributed by atoms with Crippen LogP contribution in [0.2, 0.25) is 0 Å². The Morgan fingerprint density at radius 2 is 1.78 bits per heavy atom. The molecule has 4 heteroatoms. The molecular weight excluding hydrogens is 226 g/mol. The number of nitrogens with zero attached hydrogens (tertiary/aromatic N) is 3. The summed E-state index contributed by atoms with van der Waals surface area (Å²) in [4.78, 5) is 11.2. The fourth-order valence-corrected chi connectivity index (χ4v) is 2.03. The predicted molar refractivity (Wildman–Crippen MR) is 73.0 cm³/mol. The van der Waals surface area contributed by atoms with E-state index in [-0.39, 0.29) is 0 Å². The average Bonchev–Trinajstić information content (AvgIpc) is 2.29. The normalized spacial score (nSPS) is 11.2. The molecule has 4 nitrogen and oxygen atoms in total. The van der Waals surface area contributed by atoms with E-state index in [0.717, 1.165) is 23.3 Å². The average molecular weight is 245 g/mol. The van der Waals surface area contributed by atoms with Gasteiger partial charge in [-0.3, -0.25) is 0 Å². The summed E-state index contributed by atoms with van der Waals surface area (Å²) in [7, 11) is 5.75. The van der Waals surface area contributed by atoms with Crippen LogP contribution in [-0.2, 0) is 6.54 Å². The van der Waals surface area contributed by atoms with Gasteiger partial charge in [0, 0.05) is 6.54 Å². The molecule has 0 saturated heterocycles. The summed E-state index contributed by atoms with van der Waals surface area (Å²) in [6.07, 6.45) is 0. The van der Waals surface area contributed by atoms with E-state index in [1.54, 1.807) is 7.11 Å². The van der Waals surface area contributed by atoms with E-state index in [4.69, 9.17) is 4.74 Å². The highest BCUT2D eigenvalue weighted by Gasteiger charge is 2.08. The maximum atomic E-state index is 5.21. The molecule has 1 aromatic carbocycles. The van der Waals surface area contributed by atoms with Crippen LogP contribution in [0, 0.1) is 13.8 Å². The molecule has 1 heterocycles. The molecule has 0 saturated carbocycles. The van der Waals surface area contributed by atoms with Gasteiger partial charge in [0.05, 0.1) is 18.1 Å². The standard InChI is InChI=1S/C14H19N3O/c1-9-6-12-13(7-11(9)8-17(3)4)15-10(2)14(16-12)18-5/h6-7H,8H2,1-5H3. The Morgan fingerprint density at radius 3 is 2.39 bits per heavy atom. The van der Waals surface area contributed by atoms with Crippen molar-refractivity contribution < 1.29 is 4.74 Å². The highest BCUT2D eigenvalue weighted by atomic mass is 16.5. The van der Waals surface area contributed by atoms with Crippen molar-refractivity contribution in [1.29, 1.82) is 0 Å². The minimum atomic E-state index is 0.599. The van der Waals surface area contributed by atoms with Gasteiger partial charge in [-0.25, -0.2) is 9.97 Å². The number of rotatable bonds is 3. The first-order chi connectivity index (χ1) is 8.51. The van der Waals surface area contributed by atoms with Crippen LogP contribution in [0.4, 0.5) is 0 Å². The van der Waals surface area contributed by atoms with Crippen LogP contribution >= 0.6 is 0 Å². The van der Waals surface area contributed by atoms with Crippen molar-refractivity contribution in [3.05, 3.63) is 29.0 Å². The summed E-state index contributed by atoms with van der Waals surface area (Å²) < 4.78 is 5.21. The molecule has 0 N–H and O–H groups in total.